The van der Waals surface area contributed by atoms with E-state index in [0.717, 1.165) is 48.7 Å². The van der Waals surface area contributed by atoms with Crippen LogP contribution >= 0.6 is 0 Å². The van der Waals surface area contributed by atoms with Crippen molar-refractivity contribution in [3.05, 3.63) is 36.3 Å². The van der Waals surface area contributed by atoms with Crippen LogP contribution in [0.4, 0.5) is 5.69 Å². The van der Waals surface area contributed by atoms with E-state index in [4.69, 9.17) is 4.98 Å². The van der Waals surface area contributed by atoms with Crippen LogP contribution in [0.15, 0.2) is 24.9 Å². The standard InChI is InChI=1S/C18H22N4/c1-4-7-15-17(5-2)22-11-6-8-16(18(22)20-15)19-14-9-12-21(3)13-10-14/h5-6,8,11,14,19H,2,9-10,12-13H2,1,3H3. The van der Waals surface area contributed by atoms with Crippen LogP contribution in [0.5, 0.6) is 0 Å². The summed E-state index contributed by atoms with van der Waals surface area (Å²) in [5, 5.41) is 3.66. The van der Waals surface area contributed by atoms with Gasteiger partial charge in [-0.05, 0) is 64.0 Å². The molecular formula is C18H22N4. The maximum atomic E-state index is 4.70. The van der Waals surface area contributed by atoms with Crippen molar-refractivity contribution in [2.75, 3.05) is 25.5 Å². The maximum absolute atomic E-state index is 4.70. The van der Waals surface area contributed by atoms with Crippen LogP contribution < -0.4 is 5.32 Å². The minimum absolute atomic E-state index is 0.506. The fraction of sp³-hybridized carbons (Fsp3) is 0.389. The smallest absolute Gasteiger partial charge is 0.162 e. The van der Waals surface area contributed by atoms with Gasteiger partial charge < -0.3 is 10.2 Å². The van der Waals surface area contributed by atoms with E-state index in [-0.39, 0.29) is 0 Å². The van der Waals surface area contributed by atoms with Crippen LogP contribution in [0.2, 0.25) is 0 Å². The summed E-state index contributed by atoms with van der Waals surface area (Å²) in [5.74, 6) is 5.99. The van der Waals surface area contributed by atoms with Crippen LogP contribution in [0, 0.1) is 11.8 Å². The first-order valence-electron chi connectivity index (χ1n) is 7.74. The molecule has 1 N–H and O–H groups in total. The first-order chi connectivity index (χ1) is 10.7. The molecule has 4 nitrogen and oxygen atoms in total. The van der Waals surface area contributed by atoms with Gasteiger partial charge >= 0.3 is 0 Å². The van der Waals surface area contributed by atoms with E-state index in [0.29, 0.717) is 6.04 Å². The molecule has 2 aromatic rings. The van der Waals surface area contributed by atoms with E-state index in [2.05, 4.69) is 46.2 Å². The number of likely N-dealkylation sites (tertiary alicyclic amines) is 1. The van der Waals surface area contributed by atoms with Crippen molar-refractivity contribution < 1.29 is 0 Å². The zero-order valence-electron chi connectivity index (χ0n) is 13.3. The van der Waals surface area contributed by atoms with Crippen molar-refractivity contribution in [3.63, 3.8) is 0 Å². The Kier molecular flexibility index (Phi) is 4.17. The van der Waals surface area contributed by atoms with Crippen LogP contribution in [0.25, 0.3) is 11.7 Å². The van der Waals surface area contributed by atoms with E-state index in [1.807, 2.05) is 25.3 Å². The molecule has 1 saturated heterocycles. The van der Waals surface area contributed by atoms with Crippen molar-refractivity contribution in [1.29, 1.82) is 0 Å². The molecule has 1 fully saturated rings. The number of nitrogens with zero attached hydrogens (tertiary/aromatic N) is 3. The topological polar surface area (TPSA) is 32.6 Å². The van der Waals surface area contributed by atoms with Crippen LogP contribution in [-0.2, 0) is 0 Å². The second-order valence-corrected chi connectivity index (χ2v) is 5.76. The number of fused-ring (bicyclic) bond motifs is 1. The summed E-state index contributed by atoms with van der Waals surface area (Å²) in [6, 6.07) is 4.64. The normalized spacial score (nSPS) is 16.3. The third kappa shape index (κ3) is 2.72. The molecular weight excluding hydrogens is 272 g/mol. The molecule has 1 aliphatic rings. The number of hydrogen-bond acceptors (Lipinski definition) is 3. The summed E-state index contributed by atoms with van der Waals surface area (Å²) >= 11 is 0. The Labute approximate surface area is 131 Å². The van der Waals surface area contributed by atoms with Crippen molar-refractivity contribution in [1.82, 2.24) is 14.3 Å². The van der Waals surface area contributed by atoms with Crippen molar-refractivity contribution >= 4 is 17.4 Å². The molecule has 0 aromatic carbocycles. The highest BCUT2D eigenvalue weighted by Crippen LogP contribution is 2.23. The second-order valence-electron chi connectivity index (χ2n) is 5.76. The van der Waals surface area contributed by atoms with Gasteiger partial charge in [0.15, 0.2) is 5.65 Å². The van der Waals surface area contributed by atoms with Crippen molar-refractivity contribution in [2.24, 2.45) is 0 Å². The van der Waals surface area contributed by atoms with E-state index in [1.54, 1.807) is 0 Å². The highest BCUT2D eigenvalue weighted by Gasteiger charge is 2.18. The molecule has 0 spiro atoms. The molecule has 114 valence electrons. The van der Waals surface area contributed by atoms with E-state index in [1.165, 1.54) is 0 Å². The van der Waals surface area contributed by atoms with E-state index in [9.17, 15) is 0 Å². The van der Waals surface area contributed by atoms with Crippen molar-refractivity contribution in [2.45, 2.75) is 25.8 Å². The van der Waals surface area contributed by atoms with E-state index >= 15 is 0 Å². The Balaban J connectivity index is 1.96. The summed E-state index contributed by atoms with van der Waals surface area (Å²) in [6.45, 7) is 8.00. The van der Waals surface area contributed by atoms with Gasteiger partial charge in [0, 0.05) is 12.2 Å². The Morgan fingerprint density at radius 2 is 2.18 bits per heavy atom. The molecule has 0 saturated carbocycles. The fourth-order valence-electron chi connectivity index (χ4n) is 2.98. The largest absolute Gasteiger partial charge is 0.379 e. The van der Waals surface area contributed by atoms with Gasteiger partial charge in [-0.1, -0.05) is 12.5 Å². The number of imidazole rings is 1. The van der Waals surface area contributed by atoms with Gasteiger partial charge in [0.1, 0.15) is 5.69 Å². The SMILES string of the molecule is C=Cc1c(C#CC)nc2c(NC3CCN(C)CC3)cccn12. The summed E-state index contributed by atoms with van der Waals surface area (Å²) in [4.78, 5) is 7.07. The fourth-order valence-corrected chi connectivity index (χ4v) is 2.98. The van der Waals surface area contributed by atoms with Crippen LogP contribution in [0.3, 0.4) is 0 Å². The zero-order chi connectivity index (χ0) is 15.5. The highest BCUT2D eigenvalue weighted by molar-refractivity contribution is 5.72. The molecule has 0 amide bonds. The second kappa shape index (κ2) is 6.25. The number of nitrogens with one attached hydrogen (secondary N) is 1. The summed E-state index contributed by atoms with van der Waals surface area (Å²) < 4.78 is 2.06. The number of hydrogen-bond donors (Lipinski definition) is 1. The molecule has 3 rings (SSSR count). The molecule has 1 aliphatic heterocycles. The van der Waals surface area contributed by atoms with Gasteiger partial charge in [-0.2, -0.15) is 0 Å². The molecule has 0 aliphatic carbocycles. The van der Waals surface area contributed by atoms with Crippen molar-refractivity contribution in [3.8, 4) is 11.8 Å². The lowest BCUT2D eigenvalue weighted by atomic mass is 10.1. The number of aromatic nitrogens is 2. The molecule has 22 heavy (non-hydrogen) atoms. The average molecular weight is 294 g/mol. The van der Waals surface area contributed by atoms with Crippen LogP contribution in [0.1, 0.15) is 31.2 Å². The minimum Gasteiger partial charge on any atom is -0.379 e. The Morgan fingerprint density at radius 1 is 1.41 bits per heavy atom. The highest BCUT2D eigenvalue weighted by atomic mass is 15.1. The van der Waals surface area contributed by atoms with Crippen LogP contribution in [-0.4, -0.2) is 40.5 Å². The monoisotopic (exact) mass is 294 g/mol. The predicted molar refractivity (Wildman–Crippen MR) is 92.0 cm³/mol. The summed E-state index contributed by atoms with van der Waals surface area (Å²) in [7, 11) is 2.18. The third-order valence-electron chi connectivity index (χ3n) is 4.20. The molecule has 0 unspecified atom stereocenters. The lowest BCUT2D eigenvalue weighted by molar-refractivity contribution is 0.264. The van der Waals surface area contributed by atoms with Gasteiger partial charge in [-0.3, -0.25) is 4.40 Å². The first-order valence-corrected chi connectivity index (χ1v) is 7.74. The molecule has 2 aromatic heterocycles. The molecule has 4 heteroatoms. The first kappa shape index (κ1) is 14.7. The summed E-state index contributed by atoms with van der Waals surface area (Å²) in [6.07, 6.45) is 6.15. The third-order valence-corrected chi connectivity index (χ3v) is 4.20. The van der Waals surface area contributed by atoms with Gasteiger partial charge in [0.25, 0.3) is 0 Å². The zero-order valence-corrected chi connectivity index (χ0v) is 13.3. The van der Waals surface area contributed by atoms with E-state index < -0.39 is 0 Å². The Morgan fingerprint density at radius 3 is 2.86 bits per heavy atom. The number of rotatable bonds is 3. The number of anilines is 1. The summed E-state index contributed by atoms with van der Waals surface area (Å²) in [5.41, 5.74) is 3.74. The quantitative estimate of drug-likeness (QED) is 0.884. The Bertz CT molecular complexity index is 740. The lowest BCUT2D eigenvalue weighted by Crippen LogP contribution is -2.36. The van der Waals surface area contributed by atoms with Gasteiger partial charge in [-0.15, -0.1) is 0 Å². The lowest BCUT2D eigenvalue weighted by Gasteiger charge is -2.30. The average Bonchev–Trinajstić information content (AvgIpc) is 2.88. The maximum Gasteiger partial charge on any atom is 0.162 e. The van der Waals surface area contributed by atoms with Gasteiger partial charge in [0.2, 0.25) is 0 Å². The molecule has 0 atom stereocenters. The molecule has 3 heterocycles. The van der Waals surface area contributed by atoms with Gasteiger partial charge in [-0.25, -0.2) is 4.98 Å². The Hall–Kier alpha value is -2.25. The molecule has 0 bridgehead atoms. The predicted octanol–water partition coefficient (Wildman–Crippen LogP) is 2.85. The van der Waals surface area contributed by atoms with Gasteiger partial charge in [0.05, 0.1) is 11.4 Å². The molecule has 0 radical (unpaired) electrons. The number of pyridine rings is 1. The minimum atomic E-state index is 0.506. The number of piperidine rings is 1.